The molecule has 0 heterocycles. The first-order chi connectivity index (χ1) is 9.38. The molecule has 0 spiro atoms. The maximum Gasteiger partial charge on any atom is 0.0558 e. The van der Waals surface area contributed by atoms with E-state index in [0.717, 1.165) is 12.6 Å². The molecule has 0 aromatic rings. The Labute approximate surface area is 120 Å². The van der Waals surface area contributed by atoms with Gasteiger partial charge in [-0.3, -0.25) is 4.90 Å². The van der Waals surface area contributed by atoms with Crippen LogP contribution in [0, 0.1) is 0 Å². The second kappa shape index (κ2) is 11.7. The summed E-state index contributed by atoms with van der Waals surface area (Å²) in [6, 6.07) is 0.775. The topological polar surface area (TPSA) is 23.5 Å². The van der Waals surface area contributed by atoms with E-state index in [-0.39, 0.29) is 0 Å². The molecule has 1 rings (SSSR count). The third-order valence-corrected chi connectivity index (χ3v) is 4.53. The highest BCUT2D eigenvalue weighted by atomic mass is 16.3. The van der Waals surface area contributed by atoms with Crippen molar-refractivity contribution >= 4 is 0 Å². The quantitative estimate of drug-likeness (QED) is 0.532. The van der Waals surface area contributed by atoms with E-state index in [1.54, 1.807) is 0 Å². The fraction of sp³-hybridized carbons (Fsp3) is 1.00. The number of unbranched alkanes of at least 4 members (excludes halogenated alkanes) is 7. The average Bonchev–Trinajstić information content (AvgIpc) is 2.94. The molecule has 0 radical (unpaired) electrons. The summed E-state index contributed by atoms with van der Waals surface area (Å²) in [5.74, 6) is 0. The number of aliphatic hydroxyl groups is 1. The van der Waals surface area contributed by atoms with Crippen molar-refractivity contribution in [3.05, 3.63) is 0 Å². The average molecular weight is 269 g/mol. The SMILES string of the molecule is CCCCCCCCCCN(CCO)C1CCCC1. The van der Waals surface area contributed by atoms with Gasteiger partial charge in [0.25, 0.3) is 0 Å². The smallest absolute Gasteiger partial charge is 0.0558 e. The van der Waals surface area contributed by atoms with Gasteiger partial charge in [0, 0.05) is 12.6 Å². The largest absolute Gasteiger partial charge is 0.395 e. The molecule has 1 aliphatic rings. The summed E-state index contributed by atoms with van der Waals surface area (Å²) in [6.45, 7) is 4.70. The molecule has 1 fully saturated rings. The van der Waals surface area contributed by atoms with Crippen molar-refractivity contribution in [3.8, 4) is 0 Å². The van der Waals surface area contributed by atoms with Crippen molar-refractivity contribution in [2.75, 3.05) is 19.7 Å². The van der Waals surface area contributed by atoms with Gasteiger partial charge in [0.2, 0.25) is 0 Å². The zero-order valence-electron chi connectivity index (χ0n) is 13.1. The molecule has 0 aromatic carbocycles. The van der Waals surface area contributed by atoms with Crippen LogP contribution in [0.3, 0.4) is 0 Å². The number of hydrogen-bond acceptors (Lipinski definition) is 2. The van der Waals surface area contributed by atoms with Crippen molar-refractivity contribution in [1.82, 2.24) is 4.90 Å². The molecule has 114 valence electrons. The van der Waals surface area contributed by atoms with Gasteiger partial charge in [-0.05, 0) is 25.8 Å². The molecule has 1 N–H and O–H groups in total. The summed E-state index contributed by atoms with van der Waals surface area (Å²) in [4.78, 5) is 2.55. The second-order valence-electron chi connectivity index (χ2n) is 6.17. The number of rotatable bonds is 12. The third kappa shape index (κ3) is 7.94. The summed E-state index contributed by atoms with van der Waals surface area (Å²) >= 11 is 0. The van der Waals surface area contributed by atoms with Crippen LogP contribution < -0.4 is 0 Å². The molecule has 19 heavy (non-hydrogen) atoms. The Morgan fingerprint density at radius 1 is 0.842 bits per heavy atom. The zero-order valence-corrected chi connectivity index (χ0v) is 13.1. The van der Waals surface area contributed by atoms with Crippen LogP contribution in [0.1, 0.15) is 84.0 Å². The summed E-state index contributed by atoms with van der Waals surface area (Å²) in [7, 11) is 0. The highest BCUT2D eigenvalue weighted by Gasteiger charge is 2.21. The van der Waals surface area contributed by atoms with Crippen LogP contribution in [-0.2, 0) is 0 Å². The molecule has 0 bridgehead atoms. The summed E-state index contributed by atoms with van der Waals surface area (Å²) in [5, 5.41) is 9.18. The third-order valence-electron chi connectivity index (χ3n) is 4.53. The molecule has 2 nitrogen and oxygen atoms in total. The summed E-state index contributed by atoms with van der Waals surface area (Å²) in [6.07, 6.45) is 16.6. The van der Waals surface area contributed by atoms with E-state index in [2.05, 4.69) is 11.8 Å². The maximum absolute atomic E-state index is 9.18. The van der Waals surface area contributed by atoms with Crippen LogP contribution in [0.25, 0.3) is 0 Å². The van der Waals surface area contributed by atoms with Gasteiger partial charge in [0.05, 0.1) is 6.61 Å². The molecule has 1 aliphatic carbocycles. The van der Waals surface area contributed by atoms with Gasteiger partial charge in [0.15, 0.2) is 0 Å². The Morgan fingerprint density at radius 2 is 1.42 bits per heavy atom. The van der Waals surface area contributed by atoms with Crippen molar-refractivity contribution in [2.24, 2.45) is 0 Å². The molecule has 0 amide bonds. The lowest BCUT2D eigenvalue weighted by atomic mass is 10.1. The number of nitrogens with zero attached hydrogens (tertiary/aromatic N) is 1. The van der Waals surface area contributed by atoms with E-state index < -0.39 is 0 Å². The highest BCUT2D eigenvalue weighted by molar-refractivity contribution is 4.77. The first-order valence-electron chi connectivity index (χ1n) is 8.73. The van der Waals surface area contributed by atoms with Crippen LogP contribution in [0.5, 0.6) is 0 Å². The van der Waals surface area contributed by atoms with E-state index in [1.165, 1.54) is 83.6 Å². The first kappa shape index (κ1) is 17.0. The van der Waals surface area contributed by atoms with Crippen LogP contribution in [-0.4, -0.2) is 35.7 Å². The minimum Gasteiger partial charge on any atom is -0.395 e. The fourth-order valence-electron chi connectivity index (χ4n) is 3.32. The lowest BCUT2D eigenvalue weighted by molar-refractivity contribution is 0.149. The lowest BCUT2D eigenvalue weighted by Crippen LogP contribution is -2.36. The maximum atomic E-state index is 9.18. The van der Waals surface area contributed by atoms with Gasteiger partial charge in [0.1, 0.15) is 0 Å². The number of hydrogen-bond donors (Lipinski definition) is 1. The first-order valence-corrected chi connectivity index (χ1v) is 8.73. The van der Waals surface area contributed by atoms with Gasteiger partial charge in [-0.15, -0.1) is 0 Å². The Morgan fingerprint density at radius 3 is 2.00 bits per heavy atom. The zero-order chi connectivity index (χ0) is 13.8. The molecule has 0 aromatic heterocycles. The van der Waals surface area contributed by atoms with E-state index in [9.17, 15) is 5.11 Å². The molecule has 2 heteroatoms. The second-order valence-corrected chi connectivity index (χ2v) is 6.17. The van der Waals surface area contributed by atoms with Gasteiger partial charge < -0.3 is 5.11 Å². The molecule has 0 atom stereocenters. The Hall–Kier alpha value is -0.0800. The van der Waals surface area contributed by atoms with Crippen molar-refractivity contribution in [1.29, 1.82) is 0 Å². The van der Waals surface area contributed by atoms with E-state index in [1.807, 2.05) is 0 Å². The van der Waals surface area contributed by atoms with Crippen LogP contribution in [0.2, 0.25) is 0 Å². The van der Waals surface area contributed by atoms with Crippen molar-refractivity contribution in [3.63, 3.8) is 0 Å². The van der Waals surface area contributed by atoms with Crippen LogP contribution in [0.15, 0.2) is 0 Å². The van der Waals surface area contributed by atoms with Crippen molar-refractivity contribution in [2.45, 2.75) is 90.0 Å². The fourth-order valence-corrected chi connectivity index (χ4v) is 3.32. The van der Waals surface area contributed by atoms with Gasteiger partial charge in [-0.1, -0.05) is 64.7 Å². The monoisotopic (exact) mass is 269 g/mol. The minimum absolute atomic E-state index is 0.327. The molecule has 0 unspecified atom stereocenters. The molecule has 0 saturated heterocycles. The molecule has 1 saturated carbocycles. The molecule has 0 aliphatic heterocycles. The molecular weight excluding hydrogens is 234 g/mol. The van der Waals surface area contributed by atoms with Gasteiger partial charge in [-0.25, -0.2) is 0 Å². The van der Waals surface area contributed by atoms with Gasteiger partial charge in [-0.2, -0.15) is 0 Å². The van der Waals surface area contributed by atoms with E-state index in [4.69, 9.17) is 0 Å². The predicted molar refractivity (Wildman–Crippen MR) is 83.5 cm³/mol. The van der Waals surface area contributed by atoms with Crippen LogP contribution >= 0.6 is 0 Å². The van der Waals surface area contributed by atoms with Crippen LogP contribution in [0.4, 0.5) is 0 Å². The Bertz CT molecular complexity index is 190. The predicted octanol–water partition coefficient (Wildman–Crippen LogP) is 4.36. The Kier molecular flexibility index (Phi) is 10.5. The van der Waals surface area contributed by atoms with E-state index >= 15 is 0 Å². The normalized spacial score (nSPS) is 16.6. The summed E-state index contributed by atoms with van der Waals surface area (Å²) in [5.41, 5.74) is 0. The van der Waals surface area contributed by atoms with E-state index in [0.29, 0.717) is 6.61 Å². The Balaban J connectivity index is 1.98. The highest BCUT2D eigenvalue weighted by Crippen LogP contribution is 2.23. The standard InChI is InChI=1S/C17H35NO/c1-2-3-4-5-6-7-8-11-14-18(15-16-19)17-12-9-10-13-17/h17,19H,2-16H2,1H3. The molecular formula is C17H35NO. The minimum atomic E-state index is 0.327. The van der Waals surface area contributed by atoms with Crippen molar-refractivity contribution < 1.29 is 5.11 Å². The number of aliphatic hydroxyl groups excluding tert-OH is 1. The lowest BCUT2D eigenvalue weighted by Gasteiger charge is -2.28. The van der Waals surface area contributed by atoms with Gasteiger partial charge >= 0.3 is 0 Å². The summed E-state index contributed by atoms with van der Waals surface area (Å²) < 4.78 is 0.